The number of fused-ring (bicyclic) bond motifs is 1. The van der Waals surface area contributed by atoms with Crippen LogP contribution in [-0.4, -0.2) is 50.3 Å². The molecule has 8 heteroatoms. The zero-order valence-electron chi connectivity index (χ0n) is 20.8. The van der Waals surface area contributed by atoms with Crippen LogP contribution in [0.4, 0.5) is 0 Å². The number of hydrogen-bond donors (Lipinski definition) is 1. The second kappa shape index (κ2) is 9.62. The van der Waals surface area contributed by atoms with E-state index in [1.54, 1.807) is 7.11 Å². The third-order valence-corrected chi connectivity index (χ3v) is 7.13. The van der Waals surface area contributed by atoms with Gasteiger partial charge in [-0.05, 0) is 102 Å². The zero-order valence-corrected chi connectivity index (χ0v) is 20.8. The van der Waals surface area contributed by atoms with Crippen LogP contribution in [0, 0.1) is 19.8 Å². The quantitative estimate of drug-likeness (QED) is 0.456. The Hall–Kier alpha value is -3.52. The maximum Gasteiger partial charge on any atom is 0.253 e. The third-order valence-electron chi connectivity index (χ3n) is 7.13. The summed E-state index contributed by atoms with van der Waals surface area (Å²) in [5.41, 5.74) is 4.85. The molecule has 182 valence electrons. The summed E-state index contributed by atoms with van der Waals surface area (Å²) in [5, 5.41) is 13.8. The average molecular weight is 473 g/mol. The third kappa shape index (κ3) is 4.71. The molecule has 2 aromatic carbocycles. The van der Waals surface area contributed by atoms with Gasteiger partial charge in [-0.2, -0.15) is 0 Å². The van der Waals surface area contributed by atoms with Gasteiger partial charge in [0.05, 0.1) is 13.7 Å². The van der Waals surface area contributed by atoms with E-state index in [2.05, 4.69) is 52.2 Å². The molecule has 1 saturated heterocycles. The number of aromatic nitrogens is 5. The molecule has 0 amide bonds. The number of rotatable bonds is 6. The first-order chi connectivity index (χ1) is 16.9. The highest BCUT2D eigenvalue weighted by Crippen LogP contribution is 2.31. The first-order valence-corrected chi connectivity index (χ1v) is 12.2. The first kappa shape index (κ1) is 23.2. The zero-order chi connectivity index (χ0) is 24.5. The van der Waals surface area contributed by atoms with Gasteiger partial charge >= 0.3 is 0 Å². The van der Waals surface area contributed by atoms with Gasteiger partial charge in [0.25, 0.3) is 5.56 Å². The Bertz CT molecular complexity index is 1390. The first-order valence-electron chi connectivity index (χ1n) is 12.2. The van der Waals surface area contributed by atoms with Crippen molar-refractivity contribution in [1.82, 2.24) is 30.1 Å². The van der Waals surface area contributed by atoms with Gasteiger partial charge in [0.1, 0.15) is 11.8 Å². The minimum Gasteiger partial charge on any atom is -0.497 e. The Labute approximate surface area is 204 Å². The number of benzene rings is 2. The van der Waals surface area contributed by atoms with Gasteiger partial charge in [0.2, 0.25) is 0 Å². The van der Waals surface area contributed by atoms with E-state index >= 15 is 0 Å². The fourth-order valence-electron chi connectivity index (χ4n) is 5.08. The number of likely N-dealkylation sites (tertiary alicyclic amines) is 1. The maximum atomic E-state index is 13.5. The van der Waals surface area contributed by atoms with Crippen LogP contribution in [0.3, 0.4) is 0 Å². The lowest BCUT2D eigenvalue weighted by atomic mass is 9.95. The molecule has 0 saturated carbocycles. The summed E-state index contributed by atoms with van der Waals surface area (Å²) in [6, 6.07) is 13.8. The van der Waals surface area contributed by atoms with Crippen LogP contribution < -0.4 is 10.3 Å². The number of hydrogen-bond acceptors (Lipinski definition) is 6. The number of pyridine rings is 1. The standard InChI is InChI=1S/C27H32N6O2/c1-17-6-5-11-32(15-17)25(23-14-21-12-18(2)19(3)13-24(21)28-27(23)34)26-29-30-31-33(26)16-20-7-9-22(35-4)10-8-20/h7-10,12-14,17,25H,5-6,11,15-16H2,1-4H3,(H,28,34)/t17-,25+/m0/s1. The molecule has 0 bridgehead atoms. The van der Waals surface area contributed by atoms with Crippen molar-refractivity contribution in [2.45, 2.75) is 46.2 Å². The molecule has 35 heavy (non-hydrogen) atoms. The topological polar surface area (TPSA) is 88.9 Å². The monoisotopic (exact) mass is 472 g/mol. The van der Waals surface area contributed by atoms with Crippen molar-refractivity contribution in [3.05, 3.63) is 80.9 Å². The predicted octanol–water partition coefficient (Wildman–Crippen LogP) is 4.01. The molecule has 1 N–H and O–H groups in total. The van der Waals surface area contributed by atoms with Crippen molar-refractivity contribution in [1.29, 1.82) is 0 Å². The summed E-state index contributed by atoms with van der Waals surface area (Å²) in [7, 11) is 1.66. The van der Waals surface area contributed by atoms with E-state index in [-0.39, 0.29) is 11.6 Å². The number of nitrogens with zero attached hydrogens (tertiary/aromatic N) is 5. The highest BCUT2D eigenvalue weighted by Gasteiger charge is 2.32. The molecule has 2 aromatic heterocycles. The van der Waals surface area contributed by atoms with Gasteiger partial charge in [0.15, 0.2) is 5.82 Å². The van der Waals surface area contributed by atoms with Crippen molar-refractivity contribution in [2.24, 2.45) is 5.92 Å². The van der Waals surface area contributed by atoms with Crippen molar-refractivity contribution in [2.75, 3.05) is 20.2 Å². The minimum absolute atomic E-state index is 0.0945. The van der Waals surface area contributed by atoms with Crippen molar-refractivity contribution in [3.8, 4) is 5.75 Å². The van der Waals surface area contributed by atoms with E-state index in [9.17, 15) is 4.79 Å². The van der Waals surface area contributed by atoms with E-state index in [1.807, 2.05) is 41.1 Å². The minimum atomic E-state index is -0.333. The molecule has 0 radical (unpaired) electrons. The van der Waals surface area contributed by atoms with Crippen molar-refractivity contribution in [3.63, 3.8) is 0 Å². The van der Waals surface area contributed by atoms with Crippen LogP contribution in [0.2, 0.25) is 0 Å². The lowest BCUT2D eigenvalue weighted by molar-refractivity contribution is 0.141. The van der Waals surface area contributed by atoms with E-state index in [4.69, 9.17) is 4.74 Å². The van der Waals surface area contributed by atoms with Crippen LogP contribution in [0.1, 0.15) is 53.9 Å². The molecular formula is C27H32N6O2. The lowest BCUT2D eigenvalue weighted by Crippen LogP contribution is -2.41. The molecule has 0 unspecified atom stereocenters. The smallest absolute Gasteiger partial charge is 0.253 e. The van der Waals surface area contributed by atoms with Gasteiger partial charge in [0, 0.05) is 17.6 Å². The molecule has 8 nitrogen and oxygen atoms in total. The number of H-pyrrole nitrogens is 1. The Kier molecular flexibility index (Phi) is 6.38. The van der Waals surface area contributed by atoms with Gasteiger partial charge in [-0.3, -0.25) is 9.69 Å². The molecular weight excluding hydrogens is 440 g/mol. The SMILES string of the molecule is COc1ccc(Cn2nnnc2[C@@H](c2cc3cc(C)c(C)cc3[nH]c2=O)N2CCC[C@H](C)C2)cc1. The Morgan fingerprint density at radius 1 is 1.14 bits per heavy atom. The van der Waals surface area contributed by atoms with Gasteiger partial charge < -0.3 is 9.72 Å². The molecule has 5 rings (SSSR count). The van der Waals surface area contributed by atoms with E-state index in [1.165, 1.54) is 12.0 Å². The second-order valence-corrected chi connectivity index (χ2v) is 9.77. The number of piperidine rings is 1. The summed E-state index contributed by atoms with van der Waals surface area (Å²) < 4.78 is 7.10. The molecule has 2 atom stereocenters. The molecule has 0 aliphatic carbocycles. The molecule has 0 spiro atoms. The lowest BCUT2D eigenvalue weighted by Gasteiger charge is -2.36. The van der Waals surface area contributed by atoms with Gasteiger partial charge in [-0.25, -0.2) is 4.68 Å². The van der Waals surface area contributed by atoms with Crippen LogP contribution in [-0.2, 0) is 6.54 Å². The fourth-order valence-corrected chi connectivity index (χ4v) is 5.08. The highest BCUT2D eigenvalue weighted by molar-refractivity contribution is 5.81. The Morgan fingerprint density at radius 2 is 1.91 bits per heavy atom. The molecule has 1 aliphatic heterocycles. The van der Waals surface area contributed by atoms with E-state index < -0.39 is 0 Å². The van der Waals surface area contributed by atoms with Crippen molar-refractivity contribution < 1.29 is 4.74 Å². The number of nitrogens with one attached hydrogen (secondary N) is 1. The summed E-state index contributed by atoms with van der Waals surface area (Å²) in [4.78, 5) is 18.9. The molecule has 1 aliphatic rings. The number of tetrazole rings is 1. The highest BCUT2D eigenvalue weighted by atomic mass is 16.5. The van der Waals surface area contributed by atoms with E-state index in [0.29, 0.717) is 23.9 Å². The Balaban J connectivity index is 1.60. The normalized spacial score (nSPS) is 17.5. The summed E-state index contributed by atoms with van der Waals surface area (Å²) in [6.07, 6.45) is 2.27. The predicted molar refractivity (Wildman–Crippen MR) is 136 cm³/mol. The van der Waals surface area contributed by atoms with Gasteiger partial charge in [-0.15, -0.1) is 5.10 Å². The van der Waals surface area contributed by atoms with Crippen molar-refractivity contribution >= 4 is 10.9 Å². The second-order valence-electron chi connectivity index (χ2n) is 9.77. The Morgan fingerprint density at radius 3 is 2.66 bits per heavy atom. The number of ether oxygens (including phenoxy) is 1. The fraction of sp³-hybridized carbons (Fsp3) is 0.407. The number of aryl methyl sites for hydroxylation is 2. The summed E-state index contributed by atoms with van der Waals surface area (Å²) >= 11 is 0. The largest absolute Gasteiger partial charge is 0.497 e. The molecule has 3 heterocycles. The summed E-state index contributed by atoms with van der Waals surface area (Å²) in [6.45, 7) is 8.72. The number of aromatic amines is 1. The van der Waals surface area contributed by atoms with Crippen LogP contribution in [0.15, 0.2) is 47.3 Å². The molecule has 1 fully saturated rings. The maximum absolute atomic E-state index is 13.5. The average Bonchev–Trinajstić information content (AvgIpc) is 3.29. The van der Waals surface area contributed by atoms with E-state index in [0.717, 1.165) is 47.3 Å². The van der Waals surface area contributed by atoms with Crippen LogP contribution in [0.5, 0.6) is 5.75 Å². The summed E-state index contributed by atoms with van der Waals surface area (Å²) in [5.74, 6) is 2.03. The number of methoxy groups -OCH3 is 1. The van der Waals surface area contributed by atoms with Gasteiger partial charge in [-0.1, -0.05) is 19.1 Å². The molecule has 4 aromatic rings. The van der Waals surface area contributed by atoms with Crippen LogP contribution >= 0.6 is 0 Å². The van der Waals surface area contributed by atoms with Crippen LogP contribution in [0.25, 0.3) is 10.9 Å².